The summed E-state index contributed by atoms with van der Waals surface area (Å²) in [4.78, 5) is 3.44. The predicted octanol–water partition coefficient (Wildman–Crippen LogP) is 4.13. The highest BCUT2D eigenvalue weighted by molar-refractivity contribution is 5.90. The Balaban J connectivity index is 2.09. The molecule has 21 heavy (non-hydrogen) atoms. The molecule has 2 nitrogen and oxygen atoms in total. The van der Waals surface area contributed by atoms with E-state index in [9.17, 15) is 4.39 Å². The molecule has 0 spiro atoms. The van der Waals surface area contributed by atoms with Crippen LogP contribution in [-0.2, 0) is 6.42 Å². The molecule has 1 aromatic heterocycles. The van der Waals surface area contributed by atoms with E-state index >= 15 is 0 Å². The number of rotatable bonds is 5. The van der Waals surface area contributed by atoms with Gasteiger partial charge in [0.05, 0.1) is 0 Å². The summed E-state index contributed by atoms with van der Waals surface area (Å²) < 4.78 is 13.5. The summed E-state index contributed by atoms with van der Waals surface area (Å²) in [6.45, 7) is 3.97. The molecule has 2 N–H and O–H groups in total. The Kier molecular flexibility index (Phi) is 4.02. The fourth-order valence-electron chi connectivity index (χ4n) is 2.74. The zero-order chi connectivity index (χ0) is 14.7. The van der Waals surface area contributed by atoms with Gasteiger partial charge in [0.2, 0.25) is 0 Å². The standard InChI is InChI=1S/C18H19FN2/c1-2-20-11-10-16-15-8-3-4-9-17(15)21-18(16)13-6-5-7-14(19)12-13/h3-9,12,20-21H,2,10-11H2,1H3. The summed E-state index contributed by atoms with van der Waals surface area (Å²) in [6, 6.07) is 15.0. The molecule has 0 aliphatic heterocycles. The average molecular weight is 282 g/mol. The lowest BCUT2D eigenvalue weighted by atomic mass is 10.0. The number of para-hydroxylation sites is 1. The van der Waals surface area contributed by atoms with Crippen molar-refractivity contribution >= 4 is 10.9 Å². The molecule has 0 amide bonds. The smallest absolute Gasteiger partial charge is 0.123 e. The first-order valence-corrected chi connectivity index (χ1v) is 7.36. The van der Waals surface area contributed by atoms with Crippen LogP contribution >= 0.6 is 0 Å². The van der Waals surface area contributed by atoms with Crippen molar-refractivity contribution in [1.82, 2.24) is 10.3 Å². The van der Waals surface area contributed by atoms with Crippen LogP contribution in [0.1, 0.15) is 12.5 Å². The van der Waals surface area contributed by atoms with E-state index in [2.05, 4.69) is 29.4 Å². The summed E-state index contributed by atoms with van der Waals surface area (Å²) in [5, 5.41) is 4.57. The lowest BCUT2D eigenvalue weighted by Gasteiger charge is -2.06. The maximum absolute atomic E-state index is 13.5. The van der Waals surface area contributed by atoms with Gasteiger partial charge in [0.15, 0.2) is 0 Å². The van der Waals surface area contributed by atoms with E-state index in [0.29, 0.717) is 0 Å². The van der Waals surface area contributed by atoms with Gasteiger partial charge in [0, 0.05) is 22.2 Å². The van der Waals surface area contributed by atoms with Crippen LogP contribution in [0.3, 0.4) is 0 Å². The first kappa shape index (κ1) is 13.8. The van der Waals surface area contributed by atoms with E-state index in [-0.39, 0.29) is 5.82 Å². The zero-order valence-electron chi connectivity index (χ0n) is 12.1. The Morgan fingerprint density at radius 3 is 2.76 bits per heavy atom. The summed E-state index contributed by atoms with van der Waals surface area (Å²) in [6.07, 6.45) is 0.920. The summed E-state index contributed by atoms with van der Waals surface area (Å²) in [5.74, 6) is -0.205. The van der Waals surface area contributed by atoms with Gasteiger partial charge in [0.1, 0.15) is 5.82 Å². The molecule has 0 saturated heterocycles. The normalized spacial score (nSPS) is 11.1. The summed E-state index contributed by atoms with van der Waals surface area (Å²) in [7, 11) is 0. The van der Waals surface area contributed by atoms with Gasteiger partial charge in [-0.3, -0.25) is 0 Å². The van der Waals surface area contributed by atoms with E-state index < -0.39 is 0 Å². The molecule has 2 aromatic carbocycles. The molecule has 3 aromatic rings. The summed E-state index contributed by atoms with van der Waals surface area (Å²) >= 11 is 0. The van der Waals surface area contributed by atoms with Gasteiger partial charge in [-0.05, 0) is 43.3 Å². The number of fused-ring (bicyclic) bond motifs is 1. The van der Waals surface area contributed by atoms with Crippen LogP contribution in [0.2, 0.25) is 0 Å². The largest absolute Gasteiger partial charge is 0.354 e. The number of benzene rings is 2. The van der Waals surface area contributed by atoms with E-state index in [1.807, 2.05) is 18.2 Å². The van der Waals surface area contributed by atoms with Crippen LogP contribution in [-0.4, -0.2) is 18.1 Å². The fraction of sp³-hybridized carbons (Fsp3) is 0.222. The van der Waals surface area contributed by atoms with Gasteiger partial charge in [0.25, 0.3) is 0 Å². The molecule has 3 heteroatoms. The van der Waals surface area contributed by atoms with Gasteiger partial charge in [-0.25, -0.2) is 4.39 Å². The quantitative estimate of drug-likeness (QED) is 0.677. The van der Waals surface area contributed by atoms with E-state index in [4.69, 9.17) is 0 Å². The second kappa shape index (κ2) is 6.10. The van der Waals surface area contributed by atoms with Crippen LogP contribution in [0, 0.1) is 5.82 Å². The molecule has 0 aliphatic carbocycles. The molecule has 0 fully saturated rings. The van der Waals surface area contributed by atoms with Crippen LogP contribution < -0.4 is 5.32 Å². The minimum atomic E-state index is -0.205. The molecule has 3 rings (SSSR count). The van der Waals surface area contributed by atoms with Crippen molar-refractivity contribution in [3.63, 3.8) is 0 Å². The Hall–Kier alpha value is -2.13. The Morgan fingerprint density at radius 2 is 1.95 bits per heavy atom. The Labute approximate surface area is 124 Å². The minimum absolute atomic E-state index is 0.205. The number of halogens is 1. The van der Waals surface area contributed by atoms with Crippen molar-refractivity contribution < 1.29 is 4.39 Å². The third-order valence-corrected chi connectivity index (χ3v) is 3.73. The first-order chi connectivity index (χ1) is 10.3. The van der Waals surface area contributed by atoms with Crippen molar-refractivity contribution in [2.75, 3.05) is 13.1 Å². The van der Waals surface area contributed by atoms with Crippen molar-refractivity contribution in [2.45, 2.75) is 13.3 Å². The predicted molar refractivity (Wildman–Crippen MR) is 85.9 cm³/mol. The number of hydrogen-bond donors (Lipinski definition) is 2. The van der Waals surface area contributed by atoms with Gasteiger partial charge in [-0.1, -0.05) is 37.3 Å². The number of nitrogens with one attached hydrogen (secondary N) is 2. The van der Waals surface area contributed by atoms with E-state index in [1.54, 1.807) is 12.1 Å². The van der Waals surface area contributed by atoms with Crippen molar-refractivity contribution in [2.24, 2.45) is 0 Å². The van der Waals surface area contributed by atoms with Gasteiger partial charge in [-0.15, -0.1) is 0 Å². The SMILES string of the molecule is CCNCCc1c(-c2cccc(F)c2)[nH]c2ccccc12. The first-order valence-electron chi connectivity index (χ1n) is 7.36. The molecule has 0 saturated carbocycles. The Morgan fingerprint density at radius 1 is 1.10 bits per heavy atom. The van der Waals surface area contributed by atoms with Gasteiger partial charge >= 0.3 is 0 Å². The maximum atomic E-state index is 13.5. The lowest BCUT2D eigenvalue weighted by molar-refractivity contribution is 0.628. The second-order valence-electron chi connectivity index (χ2n) is 5.14. The Bertz CT molecular complexity index is 746. The molecular weight excluding hydrogens is 263 g/mol. The molecule has 0 aliphatic rings. The molecule has 1 heterocycles. The maximum Gasteiger partial charge on any atom is 0.123 e. The number of H-pyrrole nitrogens is 1. The van der Waals surface area contributed by atoms with Crippen LogP contribution in [0.25, 0.3) is 22.2 Å². The fourth-order valence-corrected chi connectivity index (χ4v) is 2.74. The van der Waals surface area contributed by atoms with Crippen molar-refractivity contribution in [3.05, 3.63) is 59.9 Å². The van der Waals surface area contributed by atoms with Crippen molar-refractivity contribution in [1.29, 1.82) is 0 Å². The lowest BCUT2D eigenvalue weighted by Crippen LogP contribution is -2.16. The van der Waals surface area contributed by atoms with Gasteiger partial charge < -0.3 is 10.3 Å². The second-order valence-corrected chi connectivity index (χ2v) is 5.14. The number of aromatic nitrogens is 1. The average Bonchev–Trinajstić information content (AvgIpc) is 2.87. The molecule has 0 unspecified atom stereocenters. The highest BCUT2D eigenvalue weighted by atomic mass is 19.1. The molecule has 108 valence electrons. The van der Waals surface area contributed by atoms with Crippen molar-refractivity contribution in [3.8, 4) is 11.3 Å². The molecule has 0 radical (unpaired) electrons. The highest BCUT2D eigenvalue weighted by Gasteiger charge is 2.12. The zero-order valence-corrected chi connectivity index (χ0v) is 12.1. The summed E-state index contributed by atoms with van der Waals surface area (Å²) in [5.41, 5.74) is 4.27. The number of hydrogen-bond acceptors (Lipinski definition) is 1. The number of aromatic amines is 1. The monoisotopic (exact) mass is 282 g/mol. The molecule has 0 atom stereocenters. The minimum Gasteiger partial charge on any atom is -0.354 e. The highest BCUT2D eigenvalue weighted by Crippen LogP contribution is 2.30. The van der Waals surface area contributed by atoms with Crippen LogP contribution in [0.4, 0.5) is 4.39 Å². The van der Waals surface area contributed by atoms with E-state index in [1.165, 1.54) is 17.0 Å². The van der Waals surface area contributed by atoms with E-state index in [0.717, 1.165) is 36.3 Å². The molecular formula is C18H19FN2. The third kappa shape index (κ3) is 2.83. The van der Waals surface area contributed by atoms with Crippen LogP contribution in [0.5, 0.6) is 0 Å². The topological polar surface area (TPSA) is 27.8 Å². The van der Waals surface area contributed by atoms with Crippen LogP contribution in [0.15, 0.2) is 48.5 Å². The number of likely N-dealkylation sites (N-methyl/N-ethyl adjacent to an activating group) is 1. The third-order valence-electron chi connectivity index (χ3n) is 3.73. The molecule has 0 bridgehead atoms. The van der Waals surface area contributed by atoms with Gasteiger partial charge in [-0.2, -0.15) is 0 Å².